The molecule has 2 N–H and O–H groups in total. The Balaban J connectivity index is 0.000000108. The summed E-state index contributed by atoms with van der Waals surface area (Å²) in [6, 6.07) is 31.0. The highest BCUT2D eigenvalue weighted by atomic mass is 32.2. The maximum absolute atomic E-state index is 12.2. The van der Waals surface area contributed by atoms with Gasteiger partial charge in [-0.3, -0.25) is 47.2 Å². The van der Waals surface area contributed by atoms with E-state index in [1.807, 2.05) is 83.1 Å². The van der Waals surface area contributed by atoms with Gasteiger partial charge in [0.1, 0.15) is 6.07 Å². The van der Waals surface area contributed by atoms with Crippen molar-refractivity contribution in [3.63, 3.8) is 0 Å². The van der Waals surface area contributed by atoms with E-state index in [4.69, 9.17) is 45.1 Å². The van der Waals surface area contributed by atoms with Crippen LogP contribution >= 0.6 is 11.8 Å². The lowest BCUT2D eigenvalue weighted by Gasteiger charge is -2.33. The Kier molecular flexibility index (Phi) is 23.0. The van der Waals surface area contributed by atoms with Crippen LogP contribution in [0.2, 0.25) is 0 Å². The van der Waals surface area contributed by atoms with Gasteiger partial charge in [-0.1, -0.05) is 24.3 Å². The number of hydrogen-bond acceptors (Lipinski definition) is 22. The number of anilines is 8. The van der Waals surface area contributed by atoms with Crippen LogP contribution < -0.4 is 25.3 Å². The summed E-state index contributed by atoms with van der Waals surface area (Å²) in [6.07, 6.45) is 20.8. The fourth-order valence-electron chi connectivity index (χ4n) is 20.4. The van der Waals surface area contributed by atoms with Crippen molar-refractivity contribution in [3.05, 3.63) is 177 Å². The van der Waals surface area contributed by atoms with Crippen molar-refractivity contribution in [2.75, 3.05) is 131 Å². The van der Waals surface area contributed by atoms with Crippen molar-refractivity contribution in [2.45, 2.75) is 153 Å². The summed E-state index contributed by atoms with van der Waals surface area (Å²) in [7, 11) is 5.66. The number of nitrogens with zero attached hydrogens (tertiary/aromatic N) is 24. The number of thioether (sulfide) groups is 1. The van der Waals surface area contributed by atoms with Crippen molar-refractivity contribution < 1.29 is 38.1 Å². The molecule has 662 valence electrons. The number of nitrogens with two attached hydrogens (primary N) is 1. The van der Waals surface area contributed by atoms with Gasteiger partial charge in [0.05, 0.1) is 120 Å². The zero-order valence-electron chi connectivity index (χ0n) is 73.4. The topological polar surface area (TPSA) is 329 Å². The number of ether oxygens (including phenoxy) is 4. The minimum Gasteiger partial charge on any atom is -0.379 e. The maximum Gasteiger partial charge on any atom is 0.315 e. The third-order valence-electron chi connectivity index (χ3n) is 27.2. The Morgan fingerprint density at radius 1 is 0.422 bits per heavy atom. The third-order valence-corrected chi connectivity index (χ3v) is 28.3. The van der Waals surface area contributed by atoms with E-state index in [0.717, 1.165) is 228 Å². The second kappa shape index (κ2) is 35.2. The molecule has 0 aliphatic carbocycles. The first kappa shape index (κ1) is 83.6. The molecule has 0 radical (unpaired) electrons. The molecular formula is C94H107N25O8S. The molecule has 4 saturated heterocycles. The van der Waals surface area contributed by atoms with Gasteiger partial charge in [0.2, 0.25) is 17.7 Å². The lowest BCUT2D eigenvalue weighted by molar-refractivity contribution is -0.130. The molecule has 2 atom stereocenters. The molecule has 0 saturated carbocycles. The van der Waals surface area contributed by atoms with Gasteiger partial charge in [-0.15, -0.1) is 11.8 Å². The monoisotopic (exact) mass is 1750 g/mol. The normalized spacial score (nSPS) is 19.2. The van der Waals surface area contributed by atoms with Crippen LogP contribution in [0.4, 0.5) is 50.8 Å². The van der Waals surface area contributed by atoms with Crippen LogP contribution in [0.15, 0.2) is 109 Å². The summed E-state index contributed by atoms with van der Waals surface area (Å²) >= 11 is 1.90. The number of rotatable bonds is 11. The Morgan fingerprint density at radius 2 is 0.859 bits per heavy atom. The van der Waals surface area contributed by atoms with E-state index in [2.05, 4.69) is 132 Å². The fourth-order valence-corrected chi connectivity index (χ4v) is 21.4. The molecule has 0 bridgehead atoms. The van der Waals surface area contributed by atoms with Crippen LogP contribution in [0.1, 0.15) is 150 Å². The summed E-state index contributed by atoms with van der Waals surface area (Å²) in [6.45, 7) is 19.4. The van der Waals surface area contributed by atoms with Gasteiger partial charge in [0, 0.05) is 247 Å². The van der Waals surface area contributed by atoms with E-state index in [0.29, 0.717) is 83.0 Å². The number of aryl methyl sites for hydroxylation is 6. The molecule has 4 fully saturated rings. The summed E-state index contributed by atoms with van der Waals surface area (Å²) in [5, 5.41) is 52.8. The lowest BCUT2D eigenvalue weighted by Crippen LogP contribution is -2.40. The van der Waals surface area contributed by atoms with Gasteiger partial charge >= 0.3 is 6.03 Å². The Labute approximate surface area is 747 Å². The van der Waals surface area contributed by atoms with Crippen LogP contribution in [0, 0.1) is 22.7 Å². The van der Waals surface area contributed by atoms with E-state index >= 15 is 0 Å². The number of hydrogen-bond donors (Lipinski definition) is 1. The largest absolute Gasteiger partial charge is 0.379 e. The quantitative estimate of drug-likeness (QED) is 0.126. The predicted molar refractivity (Wildman–Crippen MR) is 481 cm³/mol. The molecule has 34 heteroatoms. The highest BCUT2D eigenvalue weighted by Crippen LogP contribution is 2.48. The summed E-state index contributed by atoms with van der Waals surface area (Å²) in [5.74, 6) is 5.22. The molecule has 23 rings (SSSR count). The summed E-state index contributed by atoms with van der Waals surface area (Å²) in [4.78, 5) is 66.4. The molecule has 11 aromatic rings. The maximum atomic E-state index is 12.2. The second-order valence-electron chi connectivity index (χ2n) is 35.3. The number of carbonyl (C=O) groups is 4. The van der Waals surface area contributed by atoms with Crippen LogP contribution in [-0.2, 0) is 126 Å². The van der Waals surface area contributed by atoms with Crippen LogP contribution in [0.3, 0.4) is 0 Å². The van der Waals surface area contributed by atoms with E-state index in [9.17, 15) is 29.7 Å². The fraction of sp³-hybridized carbons (Fsp3) is 0.457. The molecule has 4 aromatic carbocycles. The average molecular weight is 1750 g/mol. The summed E-state index contributed by atoms with van der Waals surface area (Å²) < 4.78 is 36.2. The van der Waals surface area contributed by atoms with Gasteiger partial charge in [-0.2, -0.15) is 46.2 Å². The number of amides is 5. The van der Waals surface area contributed by atoms with Crippen molar-refractivity contribution in [1.29, 1.82) is 10.5 Å². The Hall–Kier alpha value is -12.6. The number of benzene rings is 4. The molecule has 0 spiro atoms. The first-order chi connectivity index (χ1) is 62.4. The predicted octanol–water partition coefficient (Wildman–Crippen LogP) is 11.2. The number of primary amides is 1. The van der Waals surface area contributed by atoms with E-state index in [1.54, 1.807) is 41.2 Å². The first-order valence-corrected chi connectivity index (χ1v) is 46.0. The van der Waals surface area contributed by atoms with Crippen molar-refractivity contribution in [2.24, 2.45) is 26.9 Å². The van der Waals surface area contributed by atoms with E-state index < -0.39 is 0 Å². The molecule has 12 aliphatic heterocycles. The van der Waals surface area contributed by atoms with Crippen LogP contribution in [0.25, 0.3) is 33.4 Å². The molecule has 12 aliphatic rings. The average Bonchev–Trinajstić information content (AvgIpc) is 1.66. The van der Waals surface area contributed by atoms with Gasteiger partial charge in [0.15, 0.2) is 29.0 Å². The van der Waals surface area contributed by atoms with E-state index in [-0.39, 0.29) is 41.9 Å². The standard InChI is InChI=1S/C26H29N7O2.C25H27N7O2.C24H29N7O2.C19H22N4O2S/c1-17(34)31-10-7-25-22(15-31)26(29-33(25)20-8-11-35-16-20)32-9-3-4-19-12-18(5-6-24(19)32)21-14-30(2)28-23(21)13-27;1-16(33)30-7-5-23-22(13-30)25(28-32(23)20-14-34-15-20)31-6-3-4-17-8-21(18(10-26)9-24(17)31)19-11-27-29(2)12-19;1-28-13-18(12-26-28)16-4-5-21-17(11-16)3-2-8-30(21)23-20-14-29(24(25)32)9-6-22(20)31(27-23)19-7-10-33-15-19;1-13(24)21-7-6-16-15(10-21)19(20-23(16)14-11-25-12-14)22-8-9-26-18-5-3-2-4-17(18)22/h5-6,12,14,20H,3-4,7-11,15-16H2,1-2H3;8-9,11-12,20H,3-7,13-15H2,1-2H3;4-5,11-13,19H,2-3,6-10,14-15H2,1H3,(H2,25,32);2-5,14H,6-12H2,1H3/t20-;;19-;/m0.0./s1. The zero-order chi connectivity index (χ0) is 87.7. The number of aromatic nitrogens is 14. The van der Waals surface area contributed by atoms with Crippen LogP contribution in [-0.4, -0.2) is 223 Å². The highest BCUT2D eigenvalue weighted by molar-refractivity contribution is 7.99. The molecule has 33 nitrogen and oxygen atoms in total. The SMILES string of the molecule is CC(=O)N1CCc2c(c(N3CCCc4cc(-c5cn(C)nc5C#N)ccc43)nn2[C@H]2CCOC2)C1.CC(=O)N1CCc2c(c(N3CCCc4cc(-c5cnn(C)c5)c(C#N)cc43)nn2C2COC2)C1.CC(=O)N1CCc2c(c(N3CCSc4ccccc43)nn2C2COC2)C1.Cn1cc(-c2ccc3c(c2)CCCN3c2nn([C@H]3CCOC3)c3c2CN(C(N)=O)CC3)cn1. The van der Waals surface area contributed by atoms with Gasteiger partial charge in [-0.05, 0) is 128 Å². The number of fused-ring (bicyclic) bond motifs is 8. The highest BCUT2D eigenvalue weighted by Gasteiger charge is 2.41. The molecule has 128 heavy (non-hydrogen) atoms. The molecule has 19 heterocycles. The Morgan fingerprint density at radius 3 is 1.30 bits per heavy atom. The molecule has 0 unspecified atom stereocenters. The number of para-hydroxylation sites is 1. The zero-order valence-corrected chi connectivity index (χ0v) is 74.3. The van der Waals surface area contributed by atoms with Gasteiger partial charge in [0.25, 0.3) is 0 Å². The summed E-state index contributed by atoms with van der Waals surface area (Å²) in [5.41, 5.74) is 30.7. The Bertz CT molecular complexity index is 6210. The van der Waals surface area contributed by atoms with Crippen molar-refractivity contribution in [3.8, 4) is 45.5 Å². The minimum atomic E-state index is -0.372. The van der Waals surface area contributed by atoms with Gasteiger partial charge < -0.3 is 63.9 Å². The number of urea groups is 1. The first-order valence-electron chi connectivity index (χ1n) is 45.0. The minimum absolute atomic E-state index is 0.0863. The number of carbonyl (C=O) groups excluding carboxylic acids is 4. The second-order valence-corrected chi connectivity index (χ2v) is 36.5. The van der Waals surface area contributed by atoms with Crippen molar-refractivity contribution >= 4 is 81.5 Å². The van der Waals surface area contributed by atoms with Crippen LogP contribution in [0.5, 0.6) is 0 Å². The van der Waals surface area contributed by atoms with E-state index in [1.165, 1.54) is 66.9 Å². The molecule has 7 aromatic heterocycles. The smallest absolute Gasteiger partial charge is 0.315 e. The molecule has 5 amide bonds. The lowest BCUT2D eigenvalue weighted by atomic mass is 9.93. The van der Waals surface area contributed by atoms with Gasteiger partial charge in [-0.25, -0.2) is 4.79 Å². The third kappa shape index (κ3) is 15.9. The molecular weight excluding hydrogens is 1640 g/mol. The number of nitriles is 2. The van der Waals surface area contributed by atoms with Crippen molar-refractivity contribution in [1.82, 2.24) is 88.1 Å².